The maximum Gasteiger partial charge on any atom is 0.210 e. The minimum absolute atomic E-state index is 0.100. The van der Waals surface area contributed by atoms with Crippen LogP contribution in [0.15, 0.2) is 70.6 Å². The molecule has 6 heteroatoms. The van der Waals surface area contributed by atoms with Gasteiger partial charge in [0.05, 0.1) is 16.0 Å². The van der Waals surface area contributed by atoms with Crippen molar-refractivity contribution in [2.45, 2.75) is 9.79 Å². The first kappa shape index (κ1) is 14.0. The predicted molar refractivity (Wildman–Crippen MR) is 79.9 cm³/mol. The number of benzene rings is 1. The van der Waals surface area contributed by atoms with Crippen molar-refractivity contribution in [3.05, 3.63) is 71.8 Å². The highest BCUT2D eigenvalue weighted by atomic mass is 32.2. The van der Waals surface area contributed by atoms with Crippen LogP contribution in [0.1, 0.15) is 5.56 Å². The molecule has 0 fully saturated rings. The number of fused-ring (bicyclic) bond motifs is 1. The predicted octanol–water partition coefficient (Wildman–Crippen LogP) is 2.12. The summed E-state index contributed by atoms with van der Waals surface area (Å²) < 4.78 is 26.8. The molecule has 0 amide bonds. The lowest BCUT2D eigenvalue weighted by atomic mass is 10.2. The Morgan fingerprint density at radius 3 is 2.41 bits per heavy atom. The zero-order chi connectivity index (χ0) is 15.7. The van der Waals surface area contributed by atoms with Crippen LogP contribution in [-0.2, 0) is 9.84 Å². The number of nitrogens with zero attached hydrogens (tertiary/aromatic N) is 2. The van der Waals surface area contributed by atoms with Crippen molar-refractivity contribution in [3.8, 4) is 6.07 Å². The molecule has 22 heavy (non-hydrogen) atoms. The van der Waals surface area contributed by atoms with E-state index in [9.17, 15) is 13.7 Å². The van der Waals surface area contributed by atoms with Gasteiger partial charge < -0.3 is 0 Å². The van der Waals surface area contributed by atoms with E-state index in [4.69, 9.17) is 5.41 Å². The number of aromatic nitrogens is 1. The lowest BCUT2D eigenvalue weighted by molar-refractivity contribution is 0.593. The van der Waals surface area contributed by atoms with E-state index in [1.165, 1.54) is 22.6 Å². The van der Waals surface area contributed by atoms with E-state index in [0.29, 0.717) is 5.52 Å². The third-order valence-corrected chi connectivity index (χ3v) is 5.13. The van der Waals surface area contributed by atoms with Gasteiger partial charge in [-0.25, -0.2) is 8.42 Å². The minimum Gasteiger partial charge on any atom is -0.300 e. The second-order valence-corrected chi connectivity index (χ2v) is 6.57. The zero-order valence-electron chi connectivity index (χ0n) is 11.4. The zero-order valence-corrected chi connectivity index (χ0v) is 12.2. The van der Waals surface area contributed by atoms with Gasteiger partial charge in [-0.15, -0.1) is 0 Å². The average molecular weight is 309 g/mol. The third kappa shape index (κ3) is 2.08. The monoisotopic (exact) mass is 309 g/mol. The summed E-state index contributed by atoms with van der Waals surface area (Å²) in [6.07, 6.45) is 1.57. The van der Waals surface area contributed by atoms with Gasteiger partial charge >= 0.3 is 0 Å². The summed E-state index contributed by atoms with van der Waals surface area (Å²) in [5.74, 6) is 0. The lowest BCUT2D eigenvalue weighted by Crippen LogP contribution is -2.22. The fourth-order valence-electron chi connectivity index (χ4n) is 2.27. The molecular weight excluding hydrogens is 298 g/mol. The number of nitrogens with one attached hydrogen (secondary N) is 1. The van der Waals surface area contributed by atoms with Crippen molar-refractivity contribution < 1.29 is 8.42 Å². The van der Waals surface area contributed by atoms with Gasteiger partial charge in [-0.1, -0.05) is 24.3 Å². The number of pyridine rings is 2. The Bertz CT molecular complexity index is 1060. The first-order valence-corrected chi connectivity index (χ1v) is 7.93. The quantitative estimate of drug-likeness (QED) is 0.786. The molecule has 0 spiro atoms. The molecule has 0 aliphatic rings. The maximum absolute atomic E-state index is 12.7. The van der Waals surface area contributed by atoms with Crippen LogP contribution < -0.4 is 5.49 Å². The highest BCUT2D eigenvalue weighted by Crippen LogP contribution is 2.20. The summed E-state index contributed by atoms with van der Waals surface area (Å²) in [6, 6.07) is 16.3. The summed E-state index contributed by atoms with van der Waals surface area (Å²) in [5.41, 5.74) is 0.548. The topological polar surface area (TPSA) is 86.2 Å². The number of hydrogen-bond acceptors (Lipinski definition) is 4. The van der Waals surface area contributed by atoms with Crippen molar-refractivity contribution in [3.63, 3.8) is 0 Å². The molecule has 2 aromatic heterocycles. The van der Waals surface area contributed by atoms with E-state index in [0.717, 1.165) is 0 Å². The number of sulfone groups is 1. The average Bonchev–Trinajstić information content (AvgIpc) is 2.56. The second kappa shape index (κ2) is 5.13. The maximum atomic E-state index is 12.7. The van der Waals surface area contributed by atoms with Gasteiger partial charge in [0.1, 0.15) is 16.5 Å². The van der Waals surface area contributed by atoms with Crippen LogP contribution in [0.5, 0.6) is 0 Å². The molecule has 0 bridgehead atoms. The van der Waals surface area contributed by atoms with Crippen LogP contribution in [-0.4, -0.2) is 12.8 Å². The van der Waals surface area contributed by atoms with E-state index in [-0.39, 0.29) is 20.8 Å². The molecule has 0 radical (unpaired) electrons. The molecule has 3 aromatic rings. The van der Waals surface area contributed by atoms with Crippen LogP contribution in [0.2, 0.25) is 0 Å². The van der Waals surface area contributed by atoms with Crippen LogP contribution in [0.3, 0.4) is 0 Å². The SMILES string of the molecule is N#Cc1cc(S(=O)(=O)c2ccccc2)c(=N)n2ccccc12. The van der Waals surface area contributed by atoms with Gasteiger partial charge in [0.15, 0.2) is 0 Å². The van der Waals surface area contributed by atoms with Crippen molar-refractivity contribution in [1.29, 1.82) is 10.7 Å². The highest BCUT2D eigenvalue weighted by Gasteiger charge is 2.21. The minimum atomic E-state index is -3.85. The Labute approximate surface area is 127 Å². The molecule has 0 saturated carbocycles. The molecule has 108 valence electrons. The molecular formula is C16H11N3O2S. The molecule has 0 saturated heterocycles. The van der Waals surface area contributed by atoms with Crippen molar-refractivity contribution in [2.24, 2.45) is 0 Å². The standard InChI is InChI=1S/C16H11N3O2S/c17-11-12-10-15(16(18)19-9-5-4-8-14(12)19)22(20,21)13-6-2-1-3-7-13/h1-10,18H. The van der Waals surface area contributed by atoms with E-state index < -0.39 is 9.84 Å². The van der Waals surface area contributed by atoms with Crippen molar-refractivity contribution in [1.82, 2.24) is 4.40 Å². The van der Waals surface area contributed by atoms with E-state index in [1.54, 1.807) is 42.6 Å². The lowest BCUT2D eigenvalue weighted by Gasteiger charge is -2.09. The molecule has 0 atom stereocenters. The Morgan fingerprint density at radius 2 is 1.73 bits per heavy atom. The highest BCUT2D eigenvalue weighted by molar-refractivity contribution is 7.91. The summed E-state index contributed by atoms with van der Waals surface area (Å²) in [6.45, 7) is 0. The van der Waals surface area contributed by atoms with Crippen molar-refractivity contribution >= 4 is 15.4 Å². The van der Waals surface area contributed by atoms with E-state index >= 15 is 0 Å². The van der Waals surface area contributed by atoms with Gasteiger partial charge in [0.25, 0.3) is 0 Å². The molecule has 0 aliphatic heterocycles. The summed E-state index contributed by atoms with van der Waals surface area (Å²) >= 11 is 0. The van der Waals surface area contributed by atoms with Crippen LogP contribution in [0.4, 0.5) is 0 Å². The molecule has 0 unspecified atom stereocenters. The van der Waals surface area contributed by atoms with Gasteiger partial charge in [-0.05, 0) is 30.3 Å². The molecule has 0 aliphatic carbocycles. The van der Waals surface area contributed by atoms with Gasteiger partial charge in [0, 0.05) is 6.20 Å². The van der Waals surface area contributed by atoms with Gasteiger partial charge in [-0.2, -0.15) is 5.26 Å². The summed E-state index contributed by atoms with van der Waals surface area (Å²) in [7, 11) is -3.85. The van der Waals surface area contributed by atoms with Crippen molar-refractivity contribution in [2.75, 3.05) is 0 Å². The molecule has 3 rings (SSSR count). The smallest absolute Gasteiger partial charge is 0.210 e. The number of nitriles is 1. The first-order valence-electron chi connectivity index (χ1n) is 6.45. The van der Waals surface area contributed by atoms with Crippen LogP contribution in [0.25, 0.3) is 5.52 Å². The van der Waals surface area contributed by atoms with Crippen LogP contribution >= 0.6 is 0 Å². The normalized spacial score (nSPS) is 11.2. The molecule has 1 aromatic carbocycles. The Hall–Kier alpha value is -2.91. The largest absolute Gasteiger partial charge is 0.300 e. The fourth-order valence-corrected chi connectivity index (χ4v) is 3.67. The molecule has 2 heterocycles. The molecule has 1 N–H and O–H groups in total. The summed E-state index contributed by atoms with van der Waals surface area (Å²) in [4.78, 5) is -0.0813. The Balaban J connectivity index is 2.41. The number of hydrogen-bond donors (Lipinski definition) is 1. The molecule has 5 nitrogen and oxygen atoms in total. The summed E-state index contributed by atoms with van der Waals surface area (Å²) in [5, 5.41) is 17.5. The van der Waals surface area contributed by atoms with E-state index in [1.807, 2.05) is 6.07 Å². The fraction of sp³-hybridized carbons (Fsp3) is 0. The number of rotatable bonds is 2. The van der Waals surface area contributed by atoms with Gasteiger partial charge in [-0.3, -0.25) is 9.81 Å². The Kier molecular flexibility index (Phi) is 3.28. The second-order valence-electron chi connectivity index (χ2n) is 4.66. The Morgan fingerprint density at radius 1 is 1.05 bits per heavy atom. The van der Waals surface area contributed by atoms with E-state index in [2.05, 4.69) is 0 Å². The third-order valence-electron chi connectivity index (χ3n) is 3.35. The van der Waals surface area contributed by atoms with Crippen LogP contribution in [0, 0.1) is 16.7 Å². The first-order chi connectivity index (χ1) is 10.6. The van der Waals surface area contributed by atoms with Gasteiger partial charge in [0.2, 0.25) is 9.84 Å².